The van der Waals surface area contributed by atoms with E-state index < -0.39 is 17.9 Å². The summed E-state index contributed by atoms with van der Waals surface area (Å²) in [7, 11) is 2.36. The second-order valence-electron chi connectivity index (χ2n) is 8.28. The molecule has 0 saturated heterocycles. The summed E-state index contributed by atoms with van der Waals surface area (Å²) in [6.07, 6.45) is 1.35. The Labute approximate surface area is 218 Å². The Balaban J connectivity index is 1.82. The van der Waals surface area contributed by atoms with Crippen LogP contribution in [0.25, 0.3) is 0 Å². The first-order valence-electron chi connectivity index (χ1n) is 11.4. The maximum Gasteiger partial charge on any atom is 0.355 e. The molecule has 38 heavy (non-hydrogen) atoms. The predicted molar refractivity (Wildman–Crippen MR) is 137 cm³/mol. The standard InChI is InChI=1S/C28H24N4O6/c1-16-13-18(15-38-16)26(33)31-19-9-11-20(12-10-19)32-24(28(35)37-3)23(27(34)36-2)22(21(14-29)25(32)30)17-7-5-4-6-8-17/h4-13,15,22H,30H2,1-3H3,(H,31,33). The van der Waals surface area contributed by atoms with Crippen molar-refractivity contribution in [1.29, 1.82) is 5.26 Å². The van der Waals surface area contributed by atoms with Crippen LogP contribution in [0.5, 0.6) is 0 Å². The number of furan rings is 1. The van der Waals surface area contributed by atoms with Crippen LogP contribution < -0.4 is 16.0 Å². The SMILES string of the molecule is COC(=O)C1=C(C(=O)OC)N(c2ccc(NC(=O)c3coc(C)c3)cc2)C(N)=C(C#N)C1c1ccccc1. The minimum atomic E-state index is -0.962. The Hall–Kier alpha value is -5.30. The highest BCUT2D eigenvalue weighted by Crippen LogP contribution is 2.43. The number of rotatable bonds is 6. The number of anilines is 2. The zero-order chi connectivity index (χ0) is 27.4. The van der Waals surface area contributed by atoms with Gasteiger partial charge in [0.15, 0.2) is 0 Å². The van der Waals surface area contributed by atoms with Crippen LogP contribution in [0.15, 0.2) is 94.0 Å². The third kappa shape index (κ3) is 4.73. The van der Waals surface area contributed by atoms with Crippen LogP contribution in [-0.4, -0.2) is 32.1 Å². The van der Waals surface area contributed by atoms with Crippen molar-refractivity contribution in [2.45, 2.75) is 12.8 Å². The normalized spacial score (nSPS) is 15.1. The summed E-state index contributed by atoms with van der Waals surface area (Å²) in [4.78, 5) is 40.0. The topological polar surface area (TPSA) is 148 Å². The number of ether oxygens (including phenoxy) is 2. The molecule has 10 nitrogen and oxygen atoms in total. The van der Waals surface area contributed by atoms with Gasteiger partial charge in [-0.25, -0.2) is 9.59 Å². The quantitative estimate of drug-likeness (QED) is 0.471. The maximum absolute atomic E-state index is 13.1. The number of esters is 2. The predicted octanol–water partition coefficient (Wildman–Crippen LogP) is 3.74. The lowest BCUT2D eigenvalue weighted by Crippen LogP contribution is -2.40. The average molecular weight is 513 g/mol. The van der Waals surface area contributed by atoms with Crippen molar-refractivity contribution in [2.75, 3.05) is 24.4 Å². The van der Waals surface area contributed by atoms with Crippen molar-refractivity contribution < 1.29 is 28.3 Å². The van der Waals surface area contributed by atoms with E-state index in [1.807, 2.05) is 0 Å². The largest absolute Gasteiger partial charge is 0.469 e. The van der Waals surface area contributed by atoms with Crippen LogP contribution in [0, 0.1) is 18.3 Å². The molecule has 1 aromatic heterocycles. The van der Waals surface area contributed by atoms with Gasteiger partial charge in [-0.3, -0.25) is 9.69 Å². The number of carbonyl (C=O) groups is 3. The molecule has 1 amide bonds. The number of aryl methyl sites for hydroxylation is 1. The highest BCUT2D eigenvalue weighted by molar-refractivity contribution is 6.07. The molecule has 1 aliphatic heterocycles. The van der Waals surface area contributed by atoms with Gasteiger partial charge in [-0.15, -0.1) is 0 Å². The number of allylic oxidation sites excluding steroid dienone is 1. The molecule has 2 aromatic carbocycles. The lowest BCUT2D eigenvalue weighted by Gasteiger charge is -2.35. The van der Waals surface area contributed by atoms with Crippen molar-refractivity contribution in [3.05, 3.63) is 106 Å². The average Bonchev–Trinajstić information content (AvgIpc) is 3.38. The molecule has 0 aliphatic carbocycles. The molecule has 0 fully saturated rings. The van der Waals surface area contributed by atoms with E-state index in [1.54, 1.807) is 67.6 Å². The van der Waals surface area contributed by atoms with Gasteiger partial charge in [0.2, 0.25) is 0 Å². The van der Waals surface area contributed by atoms with E-state index in [4.69, 9.17) is 19.6 Å². The van der Waals surface area contributed by atoms with E-state index in [1.165, 1.54) is 25.4 Å². The number of nitriles is 1. The Morgan fingerprint density at radius 3 is 2.24 bits per heavy atom. The van der Waals surface area contributed by atoms with Crippen LogP contribution in [0.2, 0.25) is 0 Å². The molecule has 1 aliphatic rings. The van der Waals surface area contributed by atoms with E-state index in [9.17, 15) is 19.6 Å². The fourth-order valence-electron chi connectivity index (χ4n) is 4.24. The van der Waals surface area contributed by atoms with Gasteiger partial charge in [0.05, 0.1) is 42.9 Å². The summed E-state index contributed by atoms with van der Waals surface area (Å²) in [5.41, 5.74) is 7.99. The lowest BCUT2D eigenvalue weighted by atomic mass is 9.81. The fourth-order valence-corrected chi connectivity index (χ4v) is 4.24. The monoisotopic (exact) mass is 512 g/mol. The number of nitrogens with one attached hydrogen (secondary N) is 1. The minimum Gasteiger partial charge on any atom is -0.469 e. The Bertz CT molecular complexity index is 1500. The van der Waals surface area contributed by atoms with Crippen molar-refractivity contribution in [3.63, 3.8) is 0 Å². The third-order valence-corrected chi connectivity index (χ3v) is 5.99. The molecule has 192 valence electrons. The van der Waals surface area contributed by atoms with Crippen LogP contribution >= 0.6 is 0 Å². The molecule has 3 aromatic rings. The molecule has 0 spiro atoms. The summed E-state index contributed by atoms with van der Waals surface area (Å²) in [5.74, 6) is -2.45. The van der Waals surface area contributed by atoms with Crippen LogP contribution in [0.4, 0.5) is 11.4 Å². The van der Waals surface area contributed by atoms with E-state index in [0.29, 0.717) is 28.3 Å². The van der Waals surface area contributed by atoms with Crippen molar-refractivity contribution in [1.82, 2.24) is 0 Å². The van der Waals surface area contributed by atoms with Gasteiger partial charge in [-0.05, 0) is 42.8 Å². The number of amides is 1. The number of hydrogen-bond acceptors (Lipinski definition) is 9. The minimum absolute atomic E-state index is 0.0527. The second kappa shape index (κ2) is 10.8. The summed E-state index contributed by atoms with van der Waals surface area (Å²) >= 11 is 0. The number of carbonyl (C=O) groups excluding carboxylic acids is 3. The maximum atomic E-state index is 13.1. The van der Waals surface area contributed by atoms with Gasteiger partial charge >= 0.3 is 11.9 Å². The number of methoxy groups -OCH3 is 2. The van der Waals surface area contributed by atoms with Crippen LogP contribution in [-0.2, 0) is 19.1 Å². The molecule has 4 rings (SSSR count). The molecule has 0 saturated carbocycles. The van der Waals surface area contributed by atoms with Gasteiger partial charge < -0.3 is 24.9 Å². The second-order valence-corrected chi connectivity index (χ2v) is 8.28. The highest BCUT2D eigenvalue weighted by atomic mass is 16.5. The number of benzene rings is 2. The molecular weight excluding hydrogens is 488 g/mol. The molecule has 2 heterocycles. The van der Waals surface area contributed by atoms with E-state index >= 15 is 0 Å². The zero-order valence-corrected chi connectivity index (χ0v) is 20.8. The number of nitrogens with two attached hydrogens (primary N) is 1. The van der Waals surface area contributed by atoms with Gasteiger partial charge in [0.25, 0.3) is 5.91 Å². The van der Waals surface area contributed by atoms with Gasteiger partial charge in [-0.1, -0.05) is 30.3 Å². The van der Waals surface area contributed by atoms with Crippen LogP contribution in [0.3, 0.4) is 0 Å². The van der Waals surface area contributed by atoms with Crippen molar-refractivity contribution in [2.24, 2.45) is 5.73 Å². The van der Waals surface area contributed by atoms with E-state index in [0.717, 1.165) is 0 Å². The molecular formula is C28H24N4O6. The number of hydrogen-bond donors (Lipinski definition) is 2. The third-order valence-electron chi connectivity index (χ3n) is 5.99. The van der Waals surface area contributed by atoms with Gasteiger partial charge in [0, 0.05) is 11.4 Å². The van der Waals surface area contributed by atoms with E-state index in [2.05, 4.69) is 11.4 Å². The lowest BCUT2D eigenvalue weighted by molar-refractivity contribution is -0.139. The first-order chi connectivity index (χ1) is 18.3. The van der Waals surface area contributed by atoms with Crippen molar-refractivity contribution in [3.8, 4) is 6.07 Å². The Morgan fingerprint density at radius 1 is 1.03 bits per heavy atom. The first-order valence-corrected chi connectivity index (χ1v) is 11.4. The zero-order valence-electron chi connectivity index (χ0n) is 20.8. The molecule has 3 N–H and O–H groups in total. The summed E-state index contributed by atoms with van der Waals surface area (Å²) in [5, 5.41) is 12.9. The smallest absolute Gasteiger partial charge is 0.355 e. The van der Waals surface area contributed by atoms with Gasteiger partial charge in [0.1, 0.15) is 23.5 Å². The van der Waals surface area contributed by atoms with Crippen LogP contribution in [0.1, 0.15) is 27.6 Å². The molecule has 0 bridgehead atoms. The van der Waals surface area contributed by atoms with Crippen molar-refractivity contribution >= 4 is 29.2 Å². The molecule has 1 unspecified atom stereocenters. The molecule has 10 heteroatoms. The van der Waals surface area contributed by atoms with Gasteiger partial charge in [-0.2, -0.15) is 5.26 Å². The summed E-state index contributed by atoms with van der Waals surface area (Å²) < 4.78 is 15.2. The Kier molecular flexibility index (Phi) is 7.30. The fraction of sp³-hybridized carbons (Fsp3) is 0.143. The Morgan fingerprint density at radius 2 is 1.68 bits per heavy atom. The summed E-state index contributed by atoms with van der Waals surface area (Å²) in [6.45, 7) is 1.73. The first kappa shape index (κ1) is 25.8. The highest BCUT2D eigenvalue weighted by Gasteiger charge is 2.42. The number of nitrogens with zero attached hydrogens (tertiary/aromatic N) is 2. The molecule has 0 radical (unpaired) electrons. The van der Waals surface area contributed by atoms with E-state index in [-0.39, 0.29) is 28.6 Å². The summed E-state index contributed by atoms with van der Waals surface area (Å²) in [6, 6.07) is 18.8. The molecule has 1 atom stereocenters.